The van der Waals surface area contributed by atoms with Gasteiger partial charge in [0.25, 0.3) is 0 Å². The Labute approximate surface area is 181 Å². The van der Waals surface area contributed by atoms with E-state index in [1.165, 1.54) is 31.2 Å². The van der Waals surface area contributed by atoms with Crippen molar-refractivity contribution in [3.63, 3.8) is 0 Å². The number of aliphatic hydroxyl groups is 1. The Bertz CT molecular complexity index is 862. The van der Waals surface area contributed by atoms with E-state index in [1.807, 2.05) is 0 Å². The number of rotatable bonds is 14. The number of benzene rings is 1. The zero-order chi connectivity index (χ0) is 23.4. The third kappa shape index (κ3) is 9.15. The normalized spacial score (nSPS) is 14.0. The summed E-state index contributed by atoms with van der Waals surface area (Å²) in [6.07, 6.45) is 1.45. The molecule has 0 aliphatic carbocycles. The van der Waals surface area contributed by atoms with Crippen LogP contribution in [0.2, 0.25) is 0 Å². The largest absolute Gasteiger partial charge is 0.394 e. The maximum Gasteiger partial charge on any atom is 0.242 e. The van der Waals surface area contributed by atoms with E-state index in [9.17, 15) is 27.9 Å². The first kappa shape index (κ1) is 26.1. The lowest BCUT2D eigenvalue weighted by atomic mass is 10.1. The monoisotopic (exact) mass is 455 g/mol. The highest BCUT2D eigenvalue weighted by molar-refractivity contribution is 7.89. The Morgan fingerprint density at radius 2 is 1.84 bits per heavy atom. The van der Waals surface area contributed by atoms with E-state index in [0.29, 0.717) is 31.5 Å². The number of amides is 2. The van der Waals surface area contributed by atoms with Gasteiger partial charge in [-0.25, -0.2) is 8.42 Å². The fourth-order valence-corrected chi connectivity index (χ4v) is 3.67. The predicted molar refractivity (Wildman–Crippen MR) is 114 cm³/mol. The topological polar surface area (TPSA) is 180 Å². The third-order valence-electron chi connectivity index (χ3n) is 4.14. The Morgan fingerprint density at radius 1 is 1.19 bits per heavy atom. The van der Waals surface area contributed by atoms with Crippen LogP contribution in [0.15, 0.2) is 47.6 Å². The molecule has 11 nitrogen and oxygen atoms in total. The average molecular weight is 456 g/mol. The standard InChI is InChI=1S/C19H29N5O6S/c1-13(18(27)23-15(11-25)7-6-10-21-14(2)20)22-19(28)17(12-26)24-31(29,30)16-8-4-3-5-9-16/h3-5,8-9,11,13,15,17,21,24,26H,2,6-7,10,12,20H2,1H3,(H,22,28)(H,23,27)/t13-,15?,17+/m0/s1. The zero-order valence-electron chi connectivity index (χ0n) is 17.2. The summed E-state index contributed by atoms with van der Waals surface area (Å²) in [5.74, 6) is -1.23. The number of aliphatic hydroxyl groups excluding tert-OH is 1. The van der Waals surface area contributed by atoms with Crippen LogP contribution in [0.5, 0.6) is 0 Å². The second-order valence-electron chi connectivity index (χ2n) is 6.75. The first-order chi connectivity index (χ1) is 14.6. The molecule has 1 aromatic rings. The van der Waals surface area contributed by atoms with Gasteiger partial charge in [0.15, 0.2) is 0 Å². The molecule has 1 aromatic carbocycles. The number of nitrogens with two attached hydrogens (primary N) is 1. The molecule has 0 aliphatic rings. The molecule has 3 atom stereocenters. The van der Waals surface area contributed by atoms with Gasteiger partial charge < -0.3 is 31.6 Å². The van der Waals surface area contributed by atoms with Crippen molar-refractivity contribution in [2.75, 3.05) is 13.2 Å². The fourth-order valence-electron chi connectivity index (χ4n) is 2.46. The van der Waals surface area contributed by atoms with Gasteiger partial charge in [-0.05, 0) is 31.9 Å². The molecule has 172 valence electrons. The molecule has 1 rings (SSSR count). The van der Waals surface area contributed by atoms with E-state index in [-0.39, 0.29) is 4.90 Å². The highest BCUT2D eigenvalue weighted by atomic mass is 32.2. The van der Waals surface area contributed by atoms with Crippen LogP contribution in [0.1, 0.15) is 19.8 Å². The smallest absolute Gasteiger partial charge is 0.242 e. The zero-order valence-corrected chi connectivity index (χ0v) is 18.0. The van der Waals surface area contributed by atoms with Crippen molar-refractivity contribution in [3.05, 3.63) is 42.7 Å². The summed E-state index contributed by atoms with van der Waals surface area (Å²) in [5, 5.41) is 17.0. The van der Waals surface area contributed by atoms with Gasteiger partial charge >= 0.3 is 0 Å². The Morgan fingerprint density at radius 3 is 2.39 bits per heavy atom. The van der Waals surface area contributed by atoms with E-state index < -0.39 is 46.6 Å². The number of aldehydes is 1. The number of sulfonamides is 1. The van der Waals surface area contributed by atoms with Gasteiger partial charge in [-0.3, -0.25) is 9.59 Å². The van der Waals surface area contributed by atoms with Gasteiger partial charge in [0.1, 0.15) is 18.4 Å². The van der Waals surface area contributed by atoms with Crippen molar-refractivity contribution in [2.24, 2.45) is 5.73 Å². The molecule has 31 heavy (non-hydrogen) atoms. The second-order valence-corrected chi connectivity index (χ2v) is 8.46. The van der Waals surface area contributed by atoms with Gasteiger partial charge in [-0.2, -0.15) is 4.72 Å². The van der Waals surface area contributed by atoms with Crippen molar-refractivity contribution in [2.45, 2.75) is 42.8 Å². The van der Waals surface area contributed by atoms with Crippen LogP contribution in [0, 0.1) is 0 Å². The first-order valence-corrected chi connectivity index (χ1v) is 11.0. The van der Waals surface area contributed by atoms with E-state index in [4.69, 9.17) is 5.73 Å². The molecule has 1 unspecified atom stereocenters. The summed E-state index contributed by atoms with van der Waals surface area (Å²) >= 11 is 0. The maximum atomic E-state index is 12.4. The summed E-state index contributed by atoms with van der Waals surface area (Å²) < 4.78 is 26.8. The lowest BCUT2D eigenvalue weighted by Crippen LogP contribution is -2.55. The summed E-state index contributed by atoms with van der Waals surface area (Å²) in [4.78, 5) is 35.7. The van der Waals surface area contributed by atoms with Gasteiger partial charge in [-0.1, -0.05) is 24.8 Å². The van der Waals surface area contributed by atoms with Crippen molar-refractivity contribution < 1.29 is 27.9 Å². The summed E-state index contributed by atoms with van der Waals surface area (Å²) in [7, 11) is -4.05. The summed E-state index contributed by atoms with van der Waals surface area (Å²) in [5.41, 5.74) is 5.37. The van der Waals surface area contributed by atoms with Crippen LogP contribution in [0.25, 0.3) is 0 Å². The number of nitrogens with one attached hydrogen (secondary N) is 4. The van der Waals surface area contributed by atoms with E-state index in [1.54, 1.807) is 6.07 Å². The van der Waals surface area contributed by atoms with Crippen molar-refractivity contribution in [1.29, 1.82) is 0 Å². The molecule has 0 radical (unpaired) electrons. The maximum absolute atomic E-state index is 12.4. The lowest BCUT2D eigenvalue weighted by Gasteiger charge is -2.21. The molecule has 0 spiro atoms. The molecule has 0 heterocycles. The van der Waals surface area contributed by atoms with Crippen molar-refractivity contribution >= 4 is 28.1 Å². The average Bonchev–Trinajstić information content (AvgIpc) is 2.74. The minimum absolute atomic E-state index is 0.0754. The minimum Gasteiger partial charge on any atom is -0.394 e. The van der Waals surface area contributed by atoms with Crippen LogP contribution >= 0.6 is 0 Å². The molecule has 0 saturated heterocycles. The molecule has 7 N–H and O–H groups in total. The first-order valence-electron chi connectivity index (χ1n) is 9.53. The van der Waals surface area contributed by atoms with Crippen LogP contribution in [-0.2, 0) is 24.4 Å². The Balaban J connectivity index is 2.62. The van der Waals surface area contributed by atoms with Gasteiger partial charge in [0.2, 0.25) is 21.8 Å². The molecule has 0 bridgehead atoms. The van der Waals surface area contributed by atoms with Gasteiger partial charge in [-0.15, -0.1) is 0 Å². The van der Waals surface area contributed by atoms with Crippen LogP contribution in [-0.4, -0.2) is 62.9 Å². The molecular formula is C19H29N5O6S. The van der Waals surface area contributed by atoms with E-state index in [0.717, 1.165) is 0 Å². The van der Waals surface area contributed by atoms with Crippen LogP contribution in [0.3, 0.4) is 0 Å². The minimum atomic E-state index is -4.05. The molecule has 12 heteroatoms. The van der Waals surface area contributed by atoms with Crippen LogP contribution in [0.4, 0.5) is 0 Å². The van der Waals surface area contributed by atoms with Crippen LogP contribution < -0.4 is 26.4 Å². The molecule has 0 saturated carbocycles. The molecule has 0 fully saturated rings. The summed E-state index contributed by atoms with van der Waals surface area (Å²) in [6, 6.07) is 3.98. The predicted octanol–water partition coefficient (Wildman–Crippen LogP) is -1.69. The molecule has 0 aliphatic heterocycles. The van der Waals surface area contributed by atoms with Gasteiger partial charge in [0.05, 0.1) is 23.4 Å². The van der Waals surface area contributed by atoms with E-state index in [2.05, 4.69) is 27.3 Å². The molecular weight excluding hydrogens is 426 g/mol. The number of hydrogen-bond donors (Lipinski definition) is 6. The van der Waals surface area contributed by atoms with Crippen molar-refractivity contribution in [3.8, 4) is 0 Å². The fraction of sp³-hybridized carbons (Fsp3) is 0.421. The third-order valence-corrected chi connectivity index (χ3v) is 5.63. The van der Waals surface area contributed by atoms with Crippen molar-refractivity contribution in [1.82, 2.24) is 20.7 Å². The SMILES string of the molecule is C=C(N)NCCCC(C=O)NC(=O)[C@H](C)NC(=O)[C@@H](CO)NS(=O)(=O)c1ccccc1. The molecule has 2 amide bonds. The lowest BCUT2D eigenvalue weighted by molar-refractivity contribution is -0.130. The van der Waals surface area contributed by atoms with E-state index >= 15 is 0 Å². The highest BCUT2D eigenvalue weighted by Gasteiger charge is 2.27. The Hall–Kier alpha value is -2.96. The number of carbonyl (C=O) groups is 3. The summed E-state index contributed by atoms with van der Waals surface area (Å²) in [6.45, 7) is 4.51. The molecule has 0 aromatic heterocycles. The quantitative estimate of drug-likeness (QED) is 0.142. The van der Waals surface area contributed by atoms with Gasteiger partial charge in [0, 0.05) is 6.54 Å². The second kappa shape index (κ2) is 12.7. The highest BCUT2D eigenvalue weighted by Crippen LogP contribution is 2.08. The number of carbonyl (C=O) groups excluding carboxylic acids is 3. The number of hydrogen-bond acceptors (Lipinski definition) is 8. The Kier molecular flexibility index (Phi) is 10.7.